The van der Waals surface area contributed by atoms with E-state index in [0.29, 0.717) is 0 Å². The van der Waals surface area contributed by atoms with Crippen molar-refractivity contribution in [3.8, 4) is 6.07 Å². The molecule has 1 heterocycles. The van der Waals surface area contributed by atoms with E-state index in [-0.39, 0.29) is 5.41 Å². The fourth-order valence-electron chi connectivity index (χ4n) is 1.07. The van der Waals surface area contributed by atoms with Crippen molar-refractivity contribution >= 4 is 27.3 Å². The van der Waals surface area contributed by atoms with Crippen LogP contribution in [-0.4, -0.2) is 0 Å². The van der Waals surface area contributed by atoms with Gasteiger partial charge < -0.3 is 0 Å². The molecule has 0 radical (unpaired) electrons. The van der Waals surface area contributed by atoms with Gasteiger partial charge in [-0.05, 0) is 41.4 Å². The van der Waals surface area contributed by atoms with Gasteiger partial charge in [-0.1, -0.05) is 6.92 Å². The molecule has 0 bridgehead atoms. The van der Waals surface area contributed by atoms with Crippen LogP contribution in [0.3, 0.4) is 0 Å². The zero-order valence-corrected chi connectivity index (χ0v) is 10.2. The Balaban J connectivity index is 2.74. The molecule has 1 aromatic heterocycles. The predicted molar refractivity (Wildman–Crippen MR) is 59.7 cm³/mol. The molecule has 1 aromatic rings. The summed E-state index contributed by atoms with van der Waals surface area (Å²) < 4.78 is 1.14. The summed E-state index contributed by atoms with van der Waals surface area (Å²) in [6.45, 7) is 4.08. The summed E-state index contributed by atoms with van der Waals surface area (Å²) in [5, 5.41) is 9.00. The molecule has 0 saturated carbocycles. The second-order valence-corrected chi connectivity index (χ2v) is 5.96. The summed E-state index contributed by atoms with van der Waals surface area (Å²) in [4.78, 5) is 1.28. The second kappa shape index (κ2) is 4.26. The molecule has 70 valence electrons. The lowest BCUT2D eigenvalue weighted by molar-refractivity contribution is 0.426. The van der Waals surface area contributed by atoms with Crippen molar-refractivity contribution in [1.29, 1.82) is 5.26 Å². The predicted octanol–water partition coefficient (Wildman–Crippen LogP) is 3.99. The molecular weight excluding hydrogens is 246 g/mol. The lowest BCUT2D eigenvalue weighted by atomic mass is 9.85. The Bertz CT molecular complexity index is 326. The van der Waals surface area contributed by atoms with Crippen LogP contribution in [0.1, 0.15) is 25.1 Å². The van der Waals surface area contributed by atoms with E-state index in [4.69, 9.17) is 5.26 Å². The van der Waals surface area contributed by atoms with E-state index in [0.717, 1.165) is 16.6 Å². The van der Waals surface area contributed by atoms with Crippen molar-refractivity contribution in [2.75, 3.05) is 0 Å². The van der Waals surface area contributed by atoms with Gasteiger partial charge in [0.15, 0.2) is 0 Å². The van der Waals surface area contributed by atoms with Crippen LogP contribution in [0.2, 0.25) is 0 Å². The highest BCUT2D eigenvalue weighted by Crippen LogP contribution is 2.30. The normalized spacial score (nSPS) is 14.9. The van der Waals surface area contributed by atoms with Gasteiger partial charge >= 0.3 is 0 Å². The summed E-state index contributed by atoms with van der Waals surface area (Å²) in [5.41, 5.74) is -0.204. The Morgan fingerprint density at radius 1 is 1.62 bits per heavy atom. The molecule has 0 saturated heterocycles. The lowest BCUT2D eigenvalue weighted by Gasteiger charge is -2.17. The average Bonchev–Trinajstić information content (AvgIpc) is 2.51. The topological polar surface area (TPSA) is 23.8 Å². The zero-order valence-electron chi connectivity index (χ0n) is 7.80. The molecule has 1 unspecified atom stereocenters. The lowest BCUT2D eigenvalue weighted by Crippen LogP contribution is -2.14. The third kappa shape index (κ3) is 2.82. The minimum absolute atomic E-state index is 0.204. The molecule has 1 atom stereocenters. The van der Waals surface area contributed by atoms with Crippen molar-refractivity contribution in [1.82, 2.24) is 0 Å². The van der Waals surface area contributed by atoms with Crippen LogP contribution in [0.4, 0.5) is 0 Å². The molecule has 0 aliphatic heterocycles. The Hall–Kier alpha value is -0.330. The Labute approximate surface area is 91.5 Å². The van der Waals surface area contributed by atoms with Gasteiger partial charge in [-0.15, -0.1) is 11.3 Å². The first-order chi connectivity index (χ1) is 6.09. The van der Waals surface area contributed by atoms with Gasteiger partial charge in [-0.3, -0.25) is 0 Å². The third-order valence-corrected chi connectivity index (χ3v) is 3.87. The smallest absolute Gasteiger partial charge is 0.0701 e. The molecule has 3 heteroatoms. The van der Waals surface area contributed by atoms with Gasteiger partial charge in [0.05, 0.1) is 15.3 Å². The molecule has 1 rings (SSSR count). The van der Waals surface area contributed by atoms with E-state index in [9.17, 15) is 0 Å². The highest BCUT2D eigenvalue weighted by Gasteiger charge is 2.22. The van der Waals surface area contributed by atoms with E-state index in [2.05, 4.69) is 35.0 Å². The van der Waals surface area contributed by atoms with Crippen LogP contribution >= 0.6 is 27.3 Å². The van der Waals surface area contributed by atoms with Crippen LogP contribution in [0.25, 0.3) is 0 Å². The SMILES string of the molecule is CCC(C)(C#N)Cc1ccc(Br)s1. The maximum absolute atomic E-state index is 9.00. The van der Waals surface area contributed by atoms with Gasteiger partial charge in [0.2, 0.25) is 0 Å². The fraction of sp³-hybridized carbons (Fsp3) is 0.500. The van der Waals surface area contributed by atoms with Crippen LogP contribution in [-0.2, 0) is 6.42 Å². The van der Waals surface area contributed by atoms with Crippen molar-refractivity contribution in [3.05, 3.63) is 20.8 Å². The highest BCUT2D eigenvalue weighted by atomic mass is 79.9. The molecule has 0 N–H and O–H groups in total. The fourth-order valence-corrected chi connectivity index (χ4v) is 2.74. The maximum atomic E-state index is 9.00. The standard InChI is InChI=1S/C10H12BrNS/c1-3-10(2,7-12)6-8-4-5-9(11)13-8/h4-5H,3,6H2,1-2H3. The number of hydrogen-bond acceptors (Lipinski definition) is 2. The summed E-state index contributed by atoms with van der Waals surface area (Å²) in [6, 6.07) is 6.50. The number of nitriles is 1. The van der Waals surface area contributed by atoms with Crippen molar-refractivity contribution in [3.63, 3.8) is 0 Å². The molecule has 0 amide bonds. The van der Waals surface area contributed by atoms with Crippen molar-refractivity contribution in [2.24, 2.45) is 5.41 Å². The van der Waals surface area contributed by atoms with E-state index < -0.39 is 0 Å². The minimum atomic E-state index is -0.204. The summed E-state index contributed by atoms with van der Waals surface area (Å²) in [6.07, 6.45) is 1.76. The molecule has 0 spiro atoms. The Morgan fingerprint density at radius 2 is 2.31 bits per heavy atom. The van der Waals surface area contributed by atoms with Gasteiger partial charge in [-0.2, -0.15) is 5.26 Å². The van der Waals surface area contributed by atoms with E-state index in [1.807, 2.05) is 13.0 Å². The molecule has 13 heavy (non-hydrogen) atoms. The van der Waals surface area contributed by atoms with E-state index in [1.165, 1.54) is 4.88 Å². The first-order valence-corrected chi connectivity index (χ1v) is 5.86. The highest BCUT2D eigenvalue weighted by molar-refractivity contribution is 9.11. The number of halogens is 1. The molecule has 0 fully saturated rings. The van der Waals surface area contributed by atoms with Gasteiger partial charge in [0, 0.05) is 11.3 Å². The van der Waals surface area contributed by atoms with Crippen LogP contribution < -0.4 is 0 Å². The number of thiophene rings is 1. The van der Waals surface area contributed by atoms with Gasteiger partial charge in [-0.25, -0.2) is 0 Å². The van der Waals surface area contributed by atoms with Crippen molar-refractivity contribution < 1.29 is 0 Å². The first-order valence-electron chi connectivity index (χ1n) is 4.25. The minimum Gasteiger partial charge on any atom is -0.198 e. The number of hydrogen-bond donors (Lipinski definition) is 0. The first kappa shape index (κ1) is 10.7. The molecule has 0 aromatic carbocycles. The van der Waals surface area contributed by atoms with Gasteiger partial charge in [0.1, 0.15) is 0 Å². The van der Waals surface area contributed by atoms with Crippen LogP contribution in [0, 0.1) is 16.7 Å². The monoisotopic (exact) mass is 257 g/mol. The summed E-state index contributed by atoms with van der Waals surface area (Å²) in [7, 11) is 0. The molecule has 1 nitrogen and oxygen atoms in total. The third-order valence-electron chi connectivity index (χ3n) is 2.24. The van der Waals surface area contributed by atoms with Gasteiger partial charge in [0.25, 0.3) is 0 Å². The molecular formula is C10H12BrNS. The van der Waals surface area contributed by atoms with E-state index >= 15 is 0 Å². The Kier molecular flexibility index (Phi) is 3.52. The van der Waals surface area contributed by atoms with E-state index in [1.54, 1.807) is 11.3 Å². The average molecular weight is 258 g/mol. The zero-order chi connectivity index (χ0) is 9.90. The summed E-state index contributed by atoms with van der Waals surface area (Å²) in [5.74, 6) is 0. The molecule has 0 aliphatic rings. The largest absolute Gasteiger partial charge is 0.198 e. The van der Waals surface area contributed by atoms with Crippen LogP contribution in [0.15, 0.2) is 15.9 Å². The maximum Gasteiger partial charge on any atom is 0.0701 e. The quantitative estimate of drug-likeness (QED) is 0.804. The van der Waals surface area contributed by atoms with Crippen molar-refractivity contribution in [2.45, 2.75) is 26.7 Å². The molecule has 0 aliphatic carbocycles. The number of nitrogens with zero attached hydrogens (tertiary/aromatic N) is 1. The Morgan fingerprint density at radius 3 is 2.69 bits per heavy atom. The number of rotatable bonds is 3. The van der Waals surface area contributed by atoms with Crippen LogP contribution in [0.5, 0.6) is 0 Å². The summed E-state index contributed by atoms with van der Waals surface area (Å²) >= 11 is 5.13. The second-order valence-electron chi connectivity index (χ2n) is 3.41.